The third-order valence-electron chi connectivity index (χ3n) is 2.69. The Kier molecular flexibility index (Phi) is 2.34. The lowest BCUT2D eigenvalue weighted by Crippen LogP contribution is -2.07. The average molecular weight is 271 g/mol. The van der Waals surface area contributed by atoms with Gasteiger partial charge in [-0.05, 0) is 24.1 Å². The highest BCUT2D eigenvalue weighted by molar-refractivity contribution is 7.23. The second-order valence-electron chi connectivity index (χ2n) is 3.89. The monoisotopic (exact) mass is 271 g/mol. The van der Waals surface area contributed by atoms with Crippen molar-refractivity contribution in [3.8, 4) is 0 Å². The molecule has 94 valence electrons. The van der Waals surface area contributed by atoms with Gasteiger partial charge in [-0.1, -0.05) is 24.3 Å². The lowest BCUT2D eigenvalue weighted by Gasteiger charge is -1.98. The number of hydrogen-bond acceptors (Lipinski definition) is 3. The predicted octanol–water partition coefficient (Wildman–Crippen LogP) is 3.53. The van der Waals surface area contributed by atoms with Gasteiger partial charge in [0, 0.05) is 0 Å². The van der Waals surface area contributed by atoms with E-state index in [4.69, 9.17) is 0 Å². The van der Waals surface area contributed by atoms with Crippen molar-refractivity contribution in [2.24, 2.45) is 0 Å². The van der Waals surface area contributed by atoms with Gasteiger partial charge in [0.05, 0.1) is 10.2 Å². The Morgan fingerprint density at radius 3 is 2.78 bits per heavy atom. The minimum Gasteiger partial charge on any atom is -0.203 e. The first kappa shape index (κ1) is 11.5. The van der Waals surface area contributed by atoms with Crippen molar-refractivity contribution in [1.29, 1.82) is 0 Å². The van der Waals surface area contributed by atoms with Crippen LogP contribution in [0.5, 0.6) is 0 Å². The van der Waals surface area contributed by atoms with E-state index in [1.54, 1.807) is 0 Å². The minimum atomic E-state index is -4.50. The van der Waals surface area contributed by atoms with E-state index < -0.39 is 12.0 Å². The Morgan fingerprint density at radius 2 is 2.11 bits per heavy atom. The summed E-state index contributed by atoms with van der Waals surface area (Å²) in [6.45, 7) is 1.99. The van der Waals surface area contributed by atoms with E-state index in [1.165, 1.54) is 15.9 Å². The summed E-state index contributed by atoms with van der Waals surface area (Å²) in [4.78, 5) is 3.79. The van der Waals surface area contributed by atoms with Gasteiger partial charge in [0.25, 0.3) is 5.82 Å². The van der Waals surface area contributed by atoms with E-state index in [2.05, 4.69) is 10.1 Å². The van der Waals surface area contributed by atoms with Crippen molar-refractivity contribution in [1.82, 2.24) is 14.6 Å². The maximum atomic E-state index is 12.5. The molecule has 0 unspecified atom stereocenters. The molecule has 0 spiro atoms. The minimum absolute atomic E-state index is 0.269. The largest absolute Gasteiger partial charge is 0.453 e. The van der Waals surface area contributed by atoms with Gasteiger partial charge in [0.1, 0.15) is 0 Å². The third kappa shape index (κ3) is 1.66. The lowest BCUT2D eigenvalue weighted by atomic mass is 10.2. The van der Waals surface area contributed by atoms with Crippen LogP contribution in [-0.4, -0.2) is 14.6 Å². The smallest absolute Gasteiger partial charge is 0.203 e. The van der Waals surface area contributed by atoms with Crippen LogP contribution in [0.15, 0.2) is 18.2 Å². The van der Waals surface area contributed by atoms with E-state index in [1.807, 2.05) is 25.1 Å². The molecule has 0 aliphatic heterocycles. The van der Waals surface area contributed by atoms with Gasteiger partial charge in [0.2, 0.25) is 4.96 Å². The fourth-order valence-corrected chi connectivity index (χ4v) is 2.71. The normalized spacial score (nSPS) is 12.7. The fraction of sp³-hybridized carbons (Fsp3) is 0.273. The quantitative estimate of drug-likeness (QED) is 0.677. The molecule has 2 heterocycles. The SMILES string of the molecule is CCc1ccc2sc3nc(C(F)(F)F)nn3c2c1. The molecule has 3 rings (SSSR count). The highest BCUT2D eigenvalue weighted by Crippen LogP contribution is 2.31. The summed E-state index contributed by atoms with van der Waals surface area (Å²) in [6.07, 6.45) is -3.67. The average Bonchev–Trinajstić information content (AvgIpc) is 2.84. The van der Waals surface area contributed by atoms with Crippen LogP contribution < -0.4 is 0 Å². The molecule has 0 atom stereocenters. The van der Waals surface area contributed by atoms with Crippen molar-refractivity contribution in [3.63, 3.8) is 0 Å². The first-order valence-corrected chi connectivity index (χ1v) is 6.16. The molecular formula is C11H8F3N3S. The molecule has 7 heteroatoms. The van der Waals surface area contributed by atoms with Crippen molar-refractivity contribution >= 4 is 26.5 Å². The zero-order valence-electron chi connectivity index (χ0n) is 9.32. The molecule has 3 aromatic rings. The third-order valence-corrected chi connectivity index (χ3v) is 3.70. The van der Waals surface area contributed by atoms with Crippen molar-refractivity contribution in [2.45, 2.75) is 19.5 Å². The second kappa shape index (κ2) is 3.68. The van der Waals surface area contributed by atoms with Crippen LogP contribution in [0.25, 0.3) is 15.2 Å². The maximum absolute atomic E-state index is 12.5. The fourth-order valence-electron chi connectivity index (χ4n) is 1.77. The number of aryl methyl sites for hydroxylation is 1. The number of nitrogens with zero attached hydrogens (tertiary/aromatic N) is 3. The van der Waals surface area contributed by atoms with E-state index in [0.717, 1.165) is 16.7 Å². The van der Waals surface area contributed by atoms with Gasteiger partial charge in [0.15, 0.2) is 0 Å². The molecular weight excluding hydrogens is 263 g/mol. The molecule has 18 heavy (non-hydrogen) atoms. The Morgan fingerprint density at radius 1 is 1.33 bits per heavy atom. The molecule has 0 aliphatic carbocycles. The van der Waals surface area contributed by atoms with E-state index in [9.17, 15) is 13.2 Å². The number of halogens is 3. The van der Waals surface area contributed by atoms with E-state index in [-0.39, 0.29) is 4.96 Å². The van der Waals surface area contributed by atoms with Crippen LogP contribution >= 0.6 is 11.3 Å². The number of thiazole rings is 1. The van der Waals surface area contributed by atoms with Crippen LogP contribution in [0, 0.1) is 0 Å². The standard InChI is InChI=1S/C11H8F3N3S/c1-2-6-3-4-8-7(5-6)17-10(18-8)15-9(16-17)11(12,13)14/h3-5H,2H2,1H3. The summed E-state index contributed by atoms with van der Waals surface area (Å²) in [6, 6.07) is 5.71. The zero-order chi connectivity index (χ0) is 12.9. The summed E-state index contributed by atoms with van der Waals surface area (Å²) in [5.41, 5.74) is 1.74. The first-order valence-electron chi connectivity index (χ1n) is 5.34. The van der Waals surface area contributed by atoms with Gasteiger partial charge in [-0.25, -0.2) is 4.52 Å². The summed E-state index contributed by atoms with van der Waals surface area (Å²) in [7, 11) is 0. The van der Waals surface area contributed by atoms with E-state index >= 15 is 0 Å². The van der Waals surface area contributed by atoms with Crippen LogP contribution in [0.1, 0.15) is 18.3 Å². The van der Waals surface area contributed by atoms with Gasteiger partial charge in [-0.15, -0.1) is 5.10 Å². The molecule has 0 aliphatic rings. The number of rotatable bonds is 1. The van der Waals surface area contributed by atoms with Crippen molar-refractivity contribution < 1.29 is 13.2 Å². The molecule has 0 saturated carbocycles. The molecule has 0 fully saturated rings. The number of benzene rings is 1. The topological polar surface area (TPSA) is 30.2 Å². The molecule has 0 amide bonds. The van der Waals surface area contributed by atoms with Crippen molar-refractivity contribution in [2.75, 3.05) is 0 Å². The molecule has 0 N–H and O–H groups in total. The molecule has 2 aromatic heterocycles. The number of alkyl halides is 3. The summed E-state index contributed by atoms with van der Waals surface area (Å²) < 4.78 is 39.7. The Labute approximate surface area is 104 Å². The maximum Gasteiger partial charge on any atom is 0.453 e. The molecule has 0 saturated heterocycles. The summed E-state index contributed by atoms with van der Waals surface area (Å²) in [5.74, 6) is -1.09. The molecule has 0 bridgehead atoms. The van der Waals surface area contributed by atoms with Crippen LogP contribution in [-0.2, 0) is 12.6 Å². The molecule has 3 nitrogen and oxygen atoms in total. The van der Waals surface area contributed by atoms with Gasteiger partial charge >= 0.3 is 6.18 Å². The van der Waals surface area contributed by atoms with Crippen LogP contribution in [0.2, 0.25) is 0 Å². The highest BCUT2D eigenvalue weighted by atomic mass is 32.1. The number of hydrogen-bond donors (Lipinski definition) is 0. The molecule has 0 radical (unpaired) electrons. The summed E-state index contributed by atoms with van der Waals surface area (Å²) in [5, 5.41) is 3.54. The Bertz CT molecular complexity index is 726. The predicted molar refractivity (Wildman–Crippen MR) is 62.8 cm³/mol. The molecule has 1 aromatic carbocycles. The summed E-state index contributed by atoms with van der Waals surface area (Å²) >= 11 is 1.21. The van der Waals surface area contributed by atoms with Crippen molar-refractivity contribution in [3.05, 3.63) is 29.6 Å². The van der Waals surface area contributed by atoms with Crippen LogP contribution in [0.3, 0.4) is 0 Å². The number of aromatic nitrogens is 3. The zero-order valence-corrected chi connectivity index (χ0v) is 10.1. The second-order valence-corrected chi connectivity index (χ2v) is 4.89. The first-order chi connectivity index (χ1) is 8.49. The van der Waals surface area contributed by atoms with Gasteiger partial charge in [-0.2, -0.15) is 18.2 Å². The number of fused-ring (bicyclic) bond motifs is 3. The Hall–Kier alpha value is -1.63. The van der Waals surface area contributed by atoms with Gasteiger partial charge < -0.3 is 0 Å². The van der Waals surface area contributed by atoms with Crippen LogP contribution in [0.4, 0.5) is 13.2 Å². The lowest BCUT2D eigenvalue weighted by molar-refractivity contribution is -0.144. The highest BCUT2D eigenvalue weighted by Gasteiger charge is 2.36. The van der Waals surface area contributed by atoms with E-state index in [0.29, 0.717) is 5.52 Å². The Balaban J connectivity index is 2.29. The van der Waals surface area contributed by atoms with Gasteiger partial charge in [-0.3, -0.25) is 0 Å².